The van der Waals surface area contributed by atoms with Crippen molar-refractivity contribution in [1.29, 1.82) is 0 Å². The third kappa shape index (κ3) is 13.0. The largest absolute Gasteiger partial charge is 0.507 e. The first kappa shape index (κ1) is 47.8. The first-order valence-corrected chi connectivity index (χ1v) is 23.3. The number of carboxylic acid groups (broad SMARTS) is 2. The van der Waals surface area contributed by atoms with E-state index in [-0.39, 0.29) is 29.0 Å². The Hall–Kier alpha value is -6.65. The maximum atomic E-state index is 11.6. The molecule has 6 aromatic carbocycles. The van der Waals surface area contributed by atoms with Gasteiger partial charge in [-0.1, -0.05) is 85.6 Å². The second-order valence-electron chi connectivity index (χ2n) is 15.8. The van der Waals surface area contributed by atoms with E-state index in [1.807, 2.05) is 18.2 Å². The maximum absolute atomic E-state index is 11.6. The number of nitrogens with one attached hydrogen (secondary N) is 2. The molecule has 0 aliphatic rings. The number of furan rings is 1. The number of ether oxygens (including phenoxy) is 1. The molecule has 1 atom stereocenters. The van der Waals surface area contributed by atoms with Crippen molar-refractivity contribution >= 4 is 60.2 Å². The summed E-state index contributed by atoms with van der Waals surface area (Å²) in [6.45, 7) is 2.69. The number of anilines is 1. The van der Waals surface area contributed by atoms with Gasteiger partial charge in [0.05, 0.1) is 18.0 Å². The Labute approximate surface area is 376 Å². The van der Waals surface area contributed by atoms with Crippen LogP contribution in [0.5, 0.6) is 17.2 Å². The molecule has 0 bridgehead atoms. The van der Waals surface area contributed by atoms with E-state index in [9.17, 15) is 48.6 Å². The summed E-state index contributed by atoms with van der Waals surface area (Å²) < 4.78 is 36.6. The number of aliphatic hydroxyl groups is 1. The fraction of sp³-hybridized carbons (Fsp3) is 0.280. The number of phenols is 3. The zero-order chi connectivity index (χ0) is 46.5. The smallest absolute Gasteiger partial charge is 0.339 e. The van der Waals surface area contributed by atoms with Crippen molar-refractivity contribution in [1.82, 2.24) is 5.32 Å². The number of para-hydroxylation sites is 1. The molecule has 0 saturated heterocycles. The molecule has 0 fully saturated rings. The van der Waals surface area contributed by atoms with Crippen LogP contribution >= 0.6 is 0 Å². The van der Waals surface area contributed by atoms with E-state index in [4.69, 9.17) is 9.15 Å². The molecule has 342 valence electrons. The molecule has 0 aliphatic heterocycles. The van der Waals surface area contributed by atoms with Gasteiger partial charge in [-0.15, -0.1) is 0 Å². The van der Waals surface area contributed by atoms with E-state index < -0.39 is 39.6 Å². The average Bonchev–Trinajstić information content (AvgIpc) is 3.70. The van der Waals surface area contributed by atoms with E-state index >= 15 is 0 Å². The highest BCUT2D eigenvalue weighted by atomic mass is 32.2. The van der Waals surface area contributed by atoms with Crippen LogP contribution < -0.4 is 10.0 Å². The number of carbonyl (C=O) groups is 2. The topological polar surface area (TPSA) is 236 Å². The van der Waals surface area contributed by atoms with Crippen LogP contribution in [0.1, 0.15) is 87.8 Å². The first-order valence-electron chi connectivity index (χ1n) is 21.4. The molecular weight excluding hydrogens is 853 g/mol. The van der Waals surface area contributed by atoms with Crippen LogP contribution in [-0.2, 0) is 27.6 Å². The van der Waals surface area contributed by atoms with Gasteiger partial charge >= 0.3 is 11.9 Å². The van der Waals surface area contributed by atoms with E-state index in [0.29, 0.717) is 44.8 Å². The fourth-order valence-corrected chi connectivity index (χ4v) is 8.22. The van der Waals surface area contributed by atoms with Crippen LogP contribution in [0, 0.1) is 0 Å². The van der Waals surface area contributed by atoms with Gasteiger partial charge in [-0.25, -0.2) is 18.0 Å². The highest BCUT2D eigenvalue weighted by Gasteiger charge is 2.23. The number of hydrogen-bond donors (Lipinski definition) is 8. The van der Waals surface area contributed by atoms with Crippen molar-refractivity contribution in [2.45, 2.75) is 57.5 Å². The molecule has 1 unspecified atom stereocenters. The van der Waals surface area contributed by atoms with Gasteiger partial charge in [0.1, 0.15) is 39.7 Å². The predicted octanol–water partition coefficient (Wildman–Crippen LogP) is 9.12. The zero-order valence-electron chi connectivity index (χ0n) is 36.0. The number of aliphatic hydroxyl groups excluding tert-OH is 1. The van der Waals surface area contributed by atoms with Gasteiger partial charge < -0.3 is 45.1 Å². The van der Waals surface area contributed by atoms with Gasteiger partial charge in [0.2, 0.25) is 10.0 Å². The van der Waals surface area contributed by atoms with Crippen LogP contribution in [-0.4, -0.2) is 83.6 Å². The minimum absolute atomic E-state index is 0.0407. The summed E-state index contributed by atoms with van der Waals surface area (Å²) in [6.07, 6.45) is 7.40. The van der Waals surface area contributed by atoms with Crippen molar-refractivity contribution in [2.75, 3.05) is 37.3 Å². The standard InChI is InChI=1S/C27H38N2O6S.C23H16O6/c1-36(32,33)29-24-19-21(13-14-25(24)30)26(31)20-28-15-7-2-3-8-16-34-17-9-6-11-23-18-22-10-4-5-12-27(22)35-23;24-20-16(14-7-3-1-5-12(14)9-18(20)22(26)27)11-17-15-8-4-2-6-13(15)10-19(21(17)25)23(28)29/h4-5,10,12-14,18-19,26,28-31H,2-3,6-9,11,15-17,20H2,1H3;1-10,24-25H,11H2,(H,26,27)(H,28,29). The van der Waals surface area contributed by atoms with Crippen molar-refractivity contribution in [3.05, 3.63) is 143 Å². The van der Waals surface area contributed by atoms with Crippen molar-refractivity contribution in [3.8, 4) is 17.2 Å². The van der Waals surface area contributed by atoms with Crippen LogP contribution in [0.25, 0.3) is 32.5 Å². The Balaban J connectivity index is 0.000000220. The highest BCUT2D eigenvalue weighted by molar-refractivity contribution is 7.92. The Morgan fingerprint density at radius 3 is 1.82 bits per heavy atom. The predicted molar refractivity (Wildman–Crippen MR) is 251 cm³/mol. The lowest BCUT2D eigenvalue weighted by Gasteiger charge is -2.16. The van der Waals surface area contributed by atoms with Gasteiger partial charge in [-0.2, -0.15) is 0 Å². The lowest BCUT2D eigenvalue weighted by molar-refractivity contribution is 0.0682. The van der Waals surface area contributed by atoms with Crippen LogP contribution in [0.4, 0.5) is 5.69 Å². The number of fused-ring (bicyclic) bond motifs is 3. The lowest BCUT2D eigenvalue weighted by Crippen LogP contribution is -2.22. The molecule has 7 aromatic rings. The summed E-state index contributed by atoms with van der Waals surface area (Å²) in [5.41, 5.74) is 1.65. The molecule has 0 radical (unpaired) electrons. The molecule has 1 heterocycles. The molecule has 0 spiro atoms. The van der Waals surface area contributed by atoms with Crippen molar-refractivity contribution in [3.63, 3.8) is 0 Å². The molecule has 0 saturated carbocycles. The molecule has 65 heavy (non-hydrogen) atoms. The number of aromatic hydroxyl groups is 3. The fourth-order valence-electron chi connectivity index (χ4n) is 7.66. The maximum Gasteiger partial charge on any atom is 0.339 e. The van der Waals surface area contributed by atoms with Crippen LogP contribution in [0.15, 0.2) is 114 Å². The van der Waals surface area contributed by atoms with Crippen LogP contribution in [0.2, 0.25) is 0 Å². The van der Waals surface area contributed by atoms with Gasteiger partial charge in [-0.3, -0.25) is 4.72 Å². The second kappa shape index (κ2) is 22.3. The van der Waals surface area contributed by atoms with E-state index in [0.717, 1.165) is 87.7 Å². The average molecular weight is 907 g/mol. The highest BCUT2D eigenvalue weighted by Crippen LogP contribution is 2.39. The first-order chi connectivity index (χ1) is 31.2. The number of benzene rings is 6. The quantitative estimate of drug-likeness (QED) is 0.0248. The van der Waals surface area contributed by atoms with Gasteiger partial charge in [0.15, 0.2) is 0 Å². The molecule has 15 heteroatoms. The number of phenolic OH excluding ortho intramolecular Hbond substituents is 1. The zero-order valence-corrected chi connectivity index (χ0v) is 36.8. The SMILES string of the molecule is CS(=O)(=O)Nc1cc(C(O)CNCCCCCCOCCCCc2cc3ccccc3o2)ccc1O.O=C(O)c1cc2ccccc2c(Cc2c(O)c(C(=O)O)cc3ccccc23)c1O. The summed E-state index contributed by atoms with van der Waals surface area (Å²) in [6, 6.07) is 31.4. The summed E-state index contributed by atoms with van der Waals surface area (Å²) in [5.74, 6) is -2.50. The number of unbranched alkanes of at least 4 members (excludes halogenated alkanes) is 4. The number of aromatic carboxylic acids is 2. The van der Waals surface area contributed by atoms with Crippen LogP contribution in [0.3, 0.4) is 0 Å². The van der Waals surface area contributed by atoms with E-state index in [1.165, 1.54) is 24.3 Å². The molecule has 8 N–H and O–H groups in total. The Morgan fingerprint density at radius 2 is 1.23 bits per heavy atom. The van der Waals surface area contributed by atoms with Gasteiger partial charge in [0.25, 0.3) is 0 Å². The number of rotatable bonds is 21. The van der Waals surface area contributed by atoms with E-state index in [1.54, 1.807) is 54.6 Å². The van der Waals surface area contributed by atoms with Gasteiger partial charge in [0, 0.05) is 49.1 Å². The molecule has 1 aromatic heterocycles. The monoisotopic (exact) mass is 906 g/mol. The molecule has 7 rings (SSSR count). The Kier molecular flexibility index (Phi) is 16.4. The van der Waals surface area contributed by atoms with E-state index in [2.05, 4.69) is 22.2 Å². The number of sulfonamides is 1. The van der Waals surface area contributed by atoms with Crippen molar-refractivity contribution < 1.29 is 57.8 Å². The summed E-state index contributed by atoms with van der Waals surface area (Å²) in [5, 5.41) is 67.3. The lowest BCUT2D eigenvalue weighted by atomic mass is 9.90. The summed E-state index contributed by atoms with van der Waals surface area (Å²) in [4.78, 5) is 23.2. The number of aryl methyl sites for hydroxylation is 1. The molecule has 0 aliphatic carbocycles. The van der Waals surface area contributed by atoms with Crippen molar-refractivity contribution in [2.24, 2.45) is 0 Å². The van der Waals surface area contributed by atoms with Gasteiger partial charge in [-0.05, 0) is 95.7 Å². The molecule has 14 nitrogen and oxygen atoms in total. The normalized spacial score (nSPS) is 12.0. The molecule has 0 amide bonds. The third-order valence-corrected chi connectivity index (χ3v) is 11.5. The number of hydrogen-bond acceptors (Lipinski definition) is 11. The minimum atomic E-state index is -3.52. The number of carboxylic acids is 2. The third-order valence-electron chi connectivity index (χ3n) is 10.9. The second-order valence-corrected chi connectivity index (χ2v) is 17.6. The Morgan fingerprint density at radius 1 is 0.677 bits per heavy atom. The molecular formula is C50H54N2O12S. The summed E-state index contributed by atoms with van der Waals surface area (Å²) in [7, 11) is -3.52. The minimum Gasteiger partial charge on any atom is -0.507 e. The summed E-state index contributed by atoms with van der Waals surface area (Å²) >= 11 is 0. The Bertz CT molecular complexity index is 2740.